The van der Waals surface area contributed by atoms with E-state index < -0.39 is 5.97 Å². The molecule has 1 aromatic heterocycles. The van der Waals surface area contributed by atoms with Crippen molar-refractivity contribution < 1.29 is 19.5 Å². The fourth-order valence-corrected chi connectivity index (χ4v) is 3.58. The van der Waals surface area contributed by atoms with Gasteiger partial charge in [0.05, 0.1) is 11.9 Å². The third kappa shape index (κ3) is 4.98. The number of hydrogen-bond acceptors (Lipinski definition) is 5. The maximum Gasteiger partial charge on any atom is 0.323 e. The lowest BCUT2D eigenvalue weighted by atomic mass is 10.1. The third-order valence-corrected chi connectivity index (χ3v) is 5.15. The van der Waals surface area contributed by atoms with Crippen LogP contribution in [0.3, 0.4) is 0 Å². The average molecular weight is 399 g/mol. The number of hydrogen-bond donors (Lipinski definition) is 1. The minimum atomic E-state index is -1.04. The first-order valence-electron chi connectivity index (χ1n) is 9.63. The normalized spacial score (nSPS) is 16.9. The van der Waals surface area contributed by atoms with Crippen LogP contribution in [0.2, 0.25) is 0 Å². The molecule has 0 saturated carbocycles. The molecule has 1 N–H and O–H groups in total. The van der Waals surface area contributed by atoms with Crippen LogP contribution in [0.1, 0.15) is 42.2 Å². The van der Waals surface area contributed by atoms with Crippen molar-refractivity contribution in [2.24, 2.45) is 0 Å². The molecule has 1 fully saturated rings. The Morgan fingerprint density at radius 2 is 1.90 bits per heavy atom. The molecule has 154 valence electrons. The predicted molar refractivity (Wildman–Crippen MR) is 105 cm³/mol. The zero-order chi connectivity index (χ0) is 21.0. The van der Waals surface area contributed by atoms with Gasteiger partial charge in [0.15, 0.2) is 5.69 Å². The Kier molecular flexibility index (Phi) is 6.26. The summed E-state index contributed by atoms with van der Waals surface area (Å²) in [4.78, 5) is 38.9. The van der Waals surface area contributed by atoms with E-state index in [-0.39, 0.29) is 30.1 Å². The highest BCUT2D eigenvalue weighted by Crippen LogP contribution is 2.19. The van der Waals surface area contributed by atoms with Gasteiger partial charge in [-0.3, -0.25) is 14.4 Å². The van der Waals surface area contributed by atoms with Gasteiger partial charge < -0.3 is 14.9 Å². The summed E-state index contributed by atoms with van der Waals surface area (Å²) in [6.07, 6.45) is 3.49. The van der Waals surface area contributed by atoms with E-state index in [0.717, 1.165) is 11.3 Å². The molecule has 0 aliphatic carbocycles. The van der Waals surface area contributed by atoms with Gasteiger partial charge >= 0.3 is 5.97 Å². The molecule has 1 aromatic carbocycles. The quantitative estimate of drug-likeness (QED) is 0.816. The summed E-state index contributed by atoms with van der Waals surface area (Å²) in [5.41, 5.74) is 2.22. The van der Waals surface area contributed by atoms with Crippen LogP contribution in [-0.4, -0.2) is 73.4 Å². The van der Waals surface area contributed by atoms with E-state index in [4.69, 9.17) is 5.11 Å². The Labute approximate surface area is 168 Å². The number of aromatic nitrogens is 3. The minimum absolute atomic E-state index is 0.190. The SMILES string of the molecule is CC(=O)N(CC(=O)O)C1CCCN(C(=O)c2cn(-c3ccc(C)cc3)nn2)CC1. The minimum Gasteiger partial charge on any atom is -0.480 e. The molecular formula is C20H25N5O4. The van der Waals surface area contributed by atoms with Crippen molar-refractivity contribution in [2.75, 3.05) is 19.6 Å². The van der Waals surface area contributed by atoms with E-state index in [1.807, 2.05) is 31.2 Å². The molecule has 2 amide bonds. The predicted octanol–water partition coefficient (Wildman–Crippen LogP) is 1.50. The molecular weight excluding hydrogens is 374 g/mol. The Morgan fingerprint density at radius 3 is 2.55 bits per heavy atom. The maximum atomic E-state index is 12.9. The van der Waals surface area contributed by atoms with Gasteiger partial charge in [0.25, 0.3) is 5.91 Å². The second-order valence-corrected chi connectivity index (χ2v) is 7.30. The van der Waals surface area contributed by atoms with E-state index in [1.54, 1.807) is 15.8 Å². The van der Waals surface area contributed by atoms with Crippen molar-refractivity contribution in [3.05, 3.63) is 41.7 Å². The molecule has 1 unspecified atom stereocenters. The number of likely N-dealkylation sites (tertiary alicyclic amines) is 1. The largest absolute Gasteiger partial charge is 0.480 e. The first-order chi connectivity index (χ1) is 13.8. The Hall–Kier alpha value is -3.23. The van der Waals surface area contributed by atoms with Crippen LogP contribution < -0.4 is 0 Å². The number of benzene rings is 1. The standard InChI is InChI=1S/C20H25N5O4/c1-14-5-7-17(8-6-14)25-12-18(21-22-25)20(29)23-10-3-4-16(9-11-23)24(15(2)26)13-19(27)28/h5-8,12,16H,3-4,9-11,13H2,1-2H3,(H,27,28). The summed E-state index contributed by atoms with van der Waals surface area (Å²) in [6.45, 7) is 4.02. The number of amides is 2. The molecule has 2 aromatic rings. The molecule has 29 heavy (non-hydrogen) atoms. The molecule has 1 atom stereocenters. The Balaban J connectivity index is 1.67. The topological polar surface area (TPSA) is 109 Å². The van der Waals surface area contributed by atoms with E-state index >= 15 is 0 Å². The molecule has 1 saturated heterocycles. The number of carboxylic acids is 1. The molecule has 9 nitrogen and oxygen atoms in total. The van der Waals surface area contributed by atoms with Crippen LogP contribution in [0, 0.1) is 6.92 Å². The van der Waals surface area contributed by atoms with Gasteiger partial charge in [0.1, 0.15) is 6.54 Å². The van der Waals surface area contributed by atoms with Crippen LogP contribution in [0.15, 0.2) is 30.5 Å². The highest BCUT2D eigenvalue weighted by atomic mass is 16.4. The van der Waals surface area contributed by atoms with Crippen molar-refractivity contribution in [1.29, 1.82) is 0 Å². The van der Waals surface area contributed by atoms with Gasteiger partial charge in [-0.05, 0) is 38.3 Å². The van der Waals surface area contributed by atoms with E-state index in [9.17, 15) is 14.4 Å². The zero-order valence-electron chi connectivity index (χ0n) is 16.6. The zero-order valence-corrected chi connectivity index (χ0v) is 16.6. The molecule has 1 aliphatic heterocycles. The summed E-state index contributed by atoms with van der Waals surface area (Å²) in [5.74, 6) is -1.51. The lowest BCUT2D eigenvalue weighted by Gasteiger charge is -2.28. The molecule has 1 aliphatic rings. The van der Waals surface area contributed by atoms with Crippen LogP contribution in [0.25, 0.3) is 5.69 Å². The lowest BCUT2D eigenvalue weighted by Crippen LogP contribution is -2.43. The van der Waals surface area contributed by atoms with Crippen molar-refractivity contribution in [3.8, 4) is 5.69 Å². The van der Waals surface area contributed by atoms with Crippen molar-refractivity contribution >= 4 is 17.8 Å². The van der Waals surface area contributed by atoms with E-state index in [1.165, 1.54) is 11.8 Å². The summed E-state index contributed by atoms with van der Waals surface area (Å²) >= 11 is 0. The van der Waals surface area contributed by atoms with Gasteiger partial charge in [0.2, 0.25) is 5.91 Å². The second-order valence-electron chi connectivity index (χ2n) is 7.30. The van der Waals surface area contributed by atoms with Crippen LogP contribution >= 0.6 is 0 Å². The number of aliphatic carboxylic acids is 1. The maximum absolute atomic E-state index is 12.9. The fourth-order valence-electron chi connectivity index (χ4n) is 3.58. The summed E-state index contributed by atoms with van der Waals surface area (Å²) < 4.78 is 1.57. The van der Waals surface area contributed by atoms with Crippen LogP contribution in [0.5, 0.6) is 0 Å². The summed E-state index contributed by atoms with van der Waals surface area (Å²) in [7, 11) is 0. The molecule has 2 heterocycles. The molecule has 0 bridgehead atoms. The fraction of sp³-hybridized carbons (Fsp3) is 0.450. The second kappa shape index (κ2) is 8.85. The number of nitrogens with zero attached hydrogens (tertiary/aromatic N) is 5. The summed E-state index contributed by atoms with van der Waals surface area (Å²) in [6, 6.07) is 7.56. The number of carbonyl (C=O) groups is 3. The highest BCUT2D eigenvalue weighted by Gasteiger charge is 2.28. The Bertz CT molecular complexity index is 893. The van der Waals surface area contributed by atoms with Gasteiger partial charge in [0, 0.05) is 26.1 Å². The Morgan fingerprint density at radius 1 is 1.17 bits per heavy atom. The smallest absolute Gasteiger partial charge is 0.323 e. The molecule has 3 rings (SSSR count). The number of carbonyl (C=O) groups excluding carboxylic acids is 2. The van der Waals surface area contributed by atoms with Crippen LogP contribution in [0.4, 0.5) is 0 Å². The number of rotatable bonds is 5. The van der Waals surface area contributed by atoms with E-state index in [2.05, 4.69) is 10.3 Å². The van der Waals surface area contributed by atoms with Crippen molar-refractivity contribution in [3.63, 3.8) is 0 Å². The average Bonchev–Trinajstić information content (AvgIpc) is 3.04. The van der Waals surface area contributed by atoms with Gasteiger partial charge in [-0.1, -0.05) is 22.9 Å². The van der Waals surface area contributed by atoms with Crippen molar-refractivity contribution in [2.45, 2.75) is 39.2 Å². The lowest BCUT2D eigenvalue weighted by molar-refractivity contribution is -0.145. The molecule has 0 spiro atoms. The molecule has 9 heteroatoms. The first-order valence-corrected chi connectivity index (χ1v) is 9.63. The van der Waals surface area contributed by atoms with Gasteiger partial charge in [-0.25, -0.2) is 4.68 Å². The first kappa shape index (κ1) is 20.5. The molecule has 0 radical (unpaired) electrons. The monoisotopic (exact) mass is 399 g/mol. The third-order valence-electron chi connectivity index (χ3n) is 5.15. The van der Waals surface area contributed by atoms with Crippen molar-refractivity contribution in [1.82, 2.24) is 24.8 Å². The van der Waals surface area contributed by atoms with Gasteiger partial charge in [-0.2, -0.15) is 0 Å². The van der Waals surface area contributed by atoms with Crippen LogP contribution in [-0.2, 0) is 9.59 Å². The number of carboxylic acid groups (broad SMARTS) is 1. The van der Waals surface area contributed by atoms with Gasteiger partial charge in [-0.15, -0.1) is 5.10 Å². The highest BCUT2D eigenvalue weighted by molar-refractivity contribution is 5.92. The summed E-state index contributed by atoms with van der Waals surface area (Å²) in [5, 5.41) is 17.1. The van der Waals surface area contributed by atoms with E-state index in [0.29, 0.717) is 32.4 Å². The number of aryl methyl sites for hydroxylation is 1.